The van der Waals surface area contributed by atoms with Gasteiger partial charge in [-0.15, -0.1) is 0 Å². The van der Waals surface area contributed by atoms with Crippen LogP contribution in [0.3, 0.4) is 0 Å². The Hall–Kier alpha value is -2.08. The Balaban J connectivity index is 1.93. The average Bonchev–Trinajstić information content (AvgIpc) is 2.88. The molecule has 0 aliphatic heterocycles. The molecule has 0 radical (unpaired) electrons. The van der Waals surface area contributed by atoms with E-state index in [1.165, 1.54) is 0 Å². The van der Waals surface area contributed by atoms with E-state index in [2.05, 4.69) is 25.5 Å². The zero-order valence-corrected chi connectivity index (χ0v) is 12.2. The number of hydrogen-bond acceptors (Lipinski definition) is 6. The van der Waals surface area contributed by atoms with Gasteiger partial charge in [0.05, 0.1) is 12.8 Å². The molecule has 0 unspecified atom stereocenters. The first kappa shape index (κ1) is 14.3. The molecule has 2 rings (SSSR count). The van der Waals surface area contributed by atoms with Gasteiger partial charge >= 0.3 is 0 Å². The maximum absolute atomic E-state index is 5.28. The number of hydrogen-bond donors (Lipinski definition) is 2. The third-order valence-corrected chi connectivity index (χ3v) is 2.73. The van der Waals surface area contributed by atoms with Crippen molar-refractivity contribution < 1.29 is 4.42 Å². The van der Waals surface area contributed by atoms with Gasteiger partial charge < -0.3 is 20.0 Å². The molecule has 0 fully saturated rings. The lowest BCUT2D eigenvalue weighted by atomic mass is 10.4. The Morgan fingerprint density at radius 3 is 2.60 bits per heavy atom. The molecule has 108 valence electrons. The highest BCUT2D eigenvalue weighted by Crippen LogP contribution is 2.12. The predicted octanol–water partition coefficient (Wildman–Crippen LogP) is 1.96. The lowest BCUT2D eigenvalue weighted by molar-refractivity contribution is 0.425. The summed E-state index contributed by atoms with van der Waals surface area (Å²) in [5, 5.41) is 6.53. The topological polar surface area (TPSA) is 66.2 Å². The van der Waals surface area contributed by atoms with Crippen molar-refractivity contribution in [3.8, 4) is 0 Å². The zero-order chi connectivity index (χ0) is 14.4. The van der Waals surface area contributed by atoms with Crippen LogP contribution in [0.4, 0.5) is 11.6 Å². The zero-order valence-electron chi connectivity index (χ0n) is 12.2. The van der Waals surface area contributed by atoms with Crippen LogP contribution in [-0.2, 0) is 6.54 Å². The van der Waals surface area contributed by atoms with Crippen molar-refractivity contribution in [3.63, 3.8) is 0 Å². The average molecular weight is 275 g/mol. The van der Waals surface area contributed by atoms with Gasteiger partial charge in [-0.25, -0.2) is 9.97 Å². The molecule has 0 spiro atoms. The Morgan fingerprint density at radius 1 is 1.20 bits per heavy atom. The molecule has 2 heterocycles. The summed E-state index contributed by atoms with van der Waals surface area (Å²) < 4.78 is 5.28. The van der Waals surface area contributed by atoms with Crippen LogP contribution < -0.4 is 10.6 Å². The van der Waals surface area contributed by atoms with Crippen LogP contribution >= 0.6 is 0 Å². The van der Waals surface area contributed by atoms with Crippen LogP contribution in [0, 0.1) is 6.92 Å². The number of likely N-dealkylation sites (N-methyl/N-ethyl adjacent to an activating group) is 1. The summed E-state index contributed by atoms with van der Waals surface area (Å²) in [4.78, 5) is 10.9. The molecule has 2 N–H and O–H groups in total. The van der Waals surface area contributed by atoms with E-state index in [0.717, 1.165) is 36.3 Å². The van der Waals surface area contributed by atoms with E-state index in [1.807, 2.05) is 39.2 Å². The van der Waals surface area contributed by atoms with Crippen LogP contribution in [0.15, 0.2) is 28.9 Å². The Labute approximate surface area is 119 Å². The number of anilines is 2. The van der Waals surface area contributed by atoms with E-state index >= 15 is 0 Å². The summed E-state index contributed by atoms with van der Waals surface area (Å²) >= 11 is 0. The fraction of sp³-hybridized carbons (Fsp3) is 0.429. The number of aromatic nitrogens is 2. The summed E-state index contributed by atoms with van der Waals surface area (Å²) in [6.45, 7) is 4.30. The van der Waals surface area contributed by atoms with Crippen molar-refractivity contribution in [3.05, 3.63) is 36.0 Å². The third-order valence-electron chi connectivity index (χ3n) is 2.73. The summed E-state index contributed by atoms with van der Waals surface area (Å²) in [6, 6.07) is 5.71. The maximum Gasteiger partial charge on any atom is 0.132 e. The minimum Gasteiger partial charge on any atom is -0.467 e. The van der Waals surface area contributed by atoms with Gasteiger partial charge in [0.15, 0.2) is 0 Å². The summed E-state index contributed by atoms with van der Waals surface area (Å²) in [5.41, 5.74) is 0. The van der Waals surface area contributed by atoms with Gasteiger partial charge in [-0.2, -0.15) is 0 Å². The van der Waals surface area contributed by atoms with E-state index in [9.17, 15) is 0 Å². The van der Waals surface area contributed by atoms with Crippen molar-refractivity contribution >= 4 is 11.6 Å². The van der Waals surface area contributed by atoms with E-state index in [4.69, 9.17) is 4.42 Å². The lowest BCUT2D eigenvalue weighted by Gasteiger charge is -2.12. The SMILES string of the molecule is Cc1nc(NCCN(C)C)cc(NCc2ccco2)n1. The fourth-order valence-electron chi connectivity index (χ4n) is 1.75. The lowest BCUT2D eigenvalue weighted by Crippen LogP contribution is -2.21. The normalized spacial score (nSPS) is 10.8. The van der Waals surface area contributed by atoms with E-state index in [1.54, 1.807) is 6.26 Å². The van der Waals surface area contributed by atoms with E-state index in [0.29, 0.717) is 6.54 Å². The van der Waals surface area contributed by atoms with Gasteiger partial charge in [0.25, 0.3) is 0 Å². The second-order valence-corrected chi connectivity index (χ2v) is 4.85. The van der Waals surface area contributed by atoms with Gasteiger partial charge in [-0.3, -0.25) is 0 Å². The van der Waals surface area contributed by atoms with Gasteiger partial charge in [0, 0.05) is 19.2 Å². The smallest absolute Gasteiger partial charge is 0.132 e. The van der Waals surface area contributed by atoms with Crippen molar-refractivity contribution in [1.82, 2.24) is 14.9 Å². The Kier molecular flexibility index (Phi) is 4.95. The second-order valence-electron chi connectivity index (χ2n) is 4.85. The molecule has 0 amide bonds. The molecule has 0 saturated heterocycles. The summed E-state index contributed by atoms with van der Waals surface area (Å²) in [6.07, 6.45) is 1.66. The molecule has 6 nitrogen and oxygen atoms in total. The molecule has 2 aromatic heterocycles. The largest absolute Gasteiger partial charge is 0.467 e. The molecule has 0 atom stereocenters. The monoisotopic (exact) mass is 275 g/mol. The van der Waals surface area contributed by atoms with Crippen LogP contribution in [0.5, 0.6) is 0 Å². The molecule has 2 aromatic rings. The number of furan rings is 1. The van der Waals surface area contributed by atoms with Crippen LogP contribution in [0.1, 0.15) is 11.6 Å². The number of aryl methyl sites for hydroxylation is 1. The van der Waals surface area contributed by atoms with Crippen molar-refractivity contribution in [2.24, 2.45) is 0 Å². The number of nitrogens with zero attached hydrogens (tertiary/aromatic N) is 3. The Bertz CT molecular complexity index is 524. The quantitative estimate of drug-likeness (QED) is 0.805. The van der Waals surface area contributed by atoms with Gasteiger partial charge in [-0.1, -0.05) is 0 Å². The molecular formula is C14H21N5O. The van der Waals surface area contributed by atoms with Crippen molar-refractivity contribution in [1.29, 1.82) is 0 Å². The first-order valence-corrected chi connectivity index (χ1v) is 6.64. The molecule has 0 saturated carbocycles. The van der Waals surface area contributed by atoms with Crippen LogP contribution in [0.25, 0.3) is 0 Å². The number of nitrogens with one attached hydrogen (secondary N) is 2. The molecule has 0 aromatic carbocycles. The highest BCUT2D eigenvalue weighted by Gasteiger charge is 2.03. The van der Waals surface area contributed by atoms with Crippen molar-refractivity contribution in [2.75, 3.05) is 37.8 Å². The molecule has 0 aliphatic rings. The van der Waals surface area contributed by atoms with Gasteiger partial charge in [0.2, 0.25) is 0 Å². The molecule has 6 heteroatoms. The van der Waals surface area contributed by atoms with E-state index < -0.39 is 0 Å². The summed E-state index contributed by atoms with van der Waals surface area (Å²) in [5.74, 6) is 3.24. The molecular weight excluding hydrogens is 254 g/mol. The third kappa shape index (κ3) is 4.55. The molecule has 20 heavy (non-hydrogen) atoms. The minimum atomic E-state index is 0.612. The summed E-state index contributed by atoms with van der Waals surface area (Å²) in [7, 11) is 4.09. The fourth-order valence-corrected chi connectivity index (χ4v) is 1.75. The van der Waals surface area contributed by atoms with Gasteiger partial charge in [0.1, 0.15) is 23.2 Å². The highest BCUT2D eigenvalue weighted by atomic mass is 16.3. The predicted molar refractivity (Wildman–Crippen MR) is 79.8 cm³/mol. The minimum absolute atomic E-state index is 0.612. The number of rotatable bonds is 7. The Morgan fingerprint density at radius 2 is 1.95 bits per heavy atom. The maximum atomic E-state index is 5.28. The van der Waals surface area contributed by atoms with Crippen molar-refractivity contribution in [2.45, 2.75) is 13.5 Å². The highest BCUT2D eigenvalue weighted by molar-refractivity contribution is 5.47. The first-order chi connectivity index (χ1) is 9.63. The standard InChI is InChI=1S/C14H21N5O/c1-11-17-13(15-6-7-19(2)3)9-14(18-11)16-10-12-5-4-8-20-12/h4-5,8-9H,6-7,10H2,1-3H3,(H2,15,16,17,18). The second kappa shape index (κ2) is 6.91. The van der Waals surface area contributed by atoms with Crippen LogP contribution in [-0.4, -0.2) is 42.1 Å². The van der Waals surface area contributed by atoms with Gasteiger partial charge in [-0.05, 0) is 33.2 Å². The van der Waals surface area contributed by atoms with Crippen LogP contribution in [0.2, 0.25) is 0 Å². The first-order valence-electron chi connectivity index (χ1n) is 6.64. The molecule has 0 bridgehead atoms. The van der Waals surface area contributed by atoms with E-state index in [-0.39, 0.29) is 0 Å². The molecule has 0 aliphatic carbocycles.